The molecular weight excluding hydrogens is 196 g/mol. The number of epoxide rings is 1. The van der Waals surface area contributed by atoms with Gasteiger partial charge in [-0.05, 0) is 6.92 Å². The van der Waals surface area contributed by atoms with Gasteiger partial charge in [-0.1, -0.05) is 0 Å². The van der Waals surface area contributed by atoms with Crippen molar-refractivity contribution < 1.29 is 35.4 Å². The molecule has 0 aliphatic carbocycles. The van der Waals surface area contributed by atoms with Crippen molar-refractivity contribution >= 4 is 0 Å². The fourth-order valence-corrected chi connectivity index (χ4v) is 1.16. The lowest BCUT2D eigenvalue weighted by atomic mass is 10.0. The van der Waals surface area contributed by atoms with Gasteiger partial charge in [0.1, 0.15) is 18.3 Å². The molecule has 14 heavy (non-hydrogen) atoms. The van der Waals surface area contributed by atoms with Crippen LogP contribution in [0.15, 0.2) is 0 Å². The molecule has 0 amide bonds. The third-order valence-corrected chi connectivity index (χ3v) is 2.28. The van der Waals surface area contributed by atoms with Crippen molar-refractivity contribution in [1.82, 2.24) is 0 Å². The fraction of sp³-hybridized carbons (Fsp3) is 1.00. The second-order valence-electron chi connectivity index (χ2n) is 3.47. The molecule has 0 radical (unpaired) electrons. The molecule has 1 unspecified atom stereocenters. The standard InChI is InChI=1S/C7H14O7/c1-6(12)7(13,14-6)5(11)4(10)3(9)2-8/h3-5,8-13H,2H2,1H3/t3-,4+,5+,6?,7+/m0/s1. The van der Waals surface area contributed by atoms with Crippen molar-refractivity contribution in [3.8, 4) is 0 Å². The summed E-state index contributed by atoms with van der Waals surface area (Å²) in [7, 11) is 0. The van der Waals surface area contributed by atoms with E-state index >= 15 is 0 Å². The van der Waals surface area contributed by atoms with Crippen LogP contribution in [0.3, 0.4) is 0 Å². The maximum Gasteiger partial charge on any atom is 0.253 e. The summed E-state index contributed by atoms with van der Waals surface area (Å²) in [6.45, 7) is 0.310. The summed E-state index contributed by atoms with van der Waals surface area (Å²) in [5.74, 6) is -4.26. The predicted octanol–water partition coefficient (Wildman–Crippen LogP) is -3.51. The molecule has 84 valence electrons. The Morgan fingerprint density at radius 3 is 1.93 bits per heavy atom. The zero-order valence-corrected chi connectivity index (χ0v) is 7.53. The molecule has 6 N–H and O–H groups in total. The molecule has 0 saturated carbocycles. The van der Waals surface area contributed by atoms with Gasteiger partial charge in [-0.3, -0.25) is 0 Å². The second kappa shape index (κ2) is 3.38. The van der Waals surface area contributed by atoms with E-state index in [1.807, 2.05) is 0 Å². The first-order valence-corrected chi connectivity index (χ1v) is 4.06. The second-order valence-corrected chi connectivity index (χ2v) is 3.47. The van der Waals surface area contributed by atoms with Crippen molar-refractivity contribution in [3.63, 3.8) is 0 Å². The first kappa shape index (κ1) is 11.8. The Bertz CT molecular complexity index is 218. The summed E-state index contributed by atoms with van der Waals surface area (Å²) < 4.78 is 4.38. The number of aliphatic hydroxyl groups excluding tert-OH is 4. The van der Waals surface area contributed by atoms with Crippen molar-refractivity contribution in [2.45, 2.75) is 36.8 Å². The highest BCUT2D eigenvalue weighted by molar-refractivity contribution is 5.05. The van der Waals surface area contributed by atoms with Gasteiger partial charge in [-0.2, -0.15) is 0 Å². The van der Waals surface area contributed by atoms with Gasteiger partial charge in [-0.15, -0.1) is 0 Å². The van der Waals surface area contributed by atoms with E-state index in [1.165, 1.54) is 0 Å². The smallest absolute Gasteiger partial charge is 0.253 e. The lowest BCUT2D eigenvalue weighted by Gasteiger charge is -2.23. The van der Waals surface area contributed by atoms with Crippen LogP contribution in [-0.2, 0) is 4.74 Å². The average molecular weight is 210 g/mol. The van der Waals surface area contributed by atoms with Crippen LogP contribution in [0, 0.1) is 0 Å². The maximum absolute atomic E-state index is 9.36. The van der Waals surface area contributed by atoms with Gasteiger partial charge in [0.25, 0.3) is 5.79 Å². The van der Waals surface area contributed by atoms with Crippen molar-refractivity contribution in [2.24, 2.45) is 0 Å². The van der Waals surface area contributed by atoms with Crippen LogP contribution in [0.5, 0.6) is 0 Å². The van der Waals surface area contributed by atoms with Gasteiger partial charge >= 0.3 is 0 Å². The highest BCUT2D eigenvalue weighted by Crippen LogP contribution is 2.46. The molecule has 0 aromatic heterocycles. The largest absolute Gasteiger partial charge is 0.394 e. The van der Waals surface area contributed by atoms with E-state index in [2.05, 4.69) is 4.74 Å². The lowest BCUT2D eigenvalue weighted by Crippen LogP contribution is -2.50. The van der Waals surface area contributed by atoms with Gasteiger partial charge in [0.05, 0.1) is 6.61 Å². The number of rotatable bonds is 4. The normalized spacial score (nSPS) is 43.1. The SMILES string of the molecule is CC1(O)O[C@]1(O)[C@H](O)[C@H](O)[C@@H](O)CO. The zero-order valence-electron chi connectivity index (χ0n) is 7.53. The molecule has 1 aliphatic heterocycles. The molecule has 7 heteroatoms. The molecule has 0 aromatic carbocycles. The van der Waals surface area contributed by atoms with E-state index in [-0.39, 0.29) is 0 Å². The number of hydrogen-bond acceptors (Lipinski definition) is 7. The molecule has 0 spiro atoms. The van der Waals surface area contributed by atoms with Crippen LogP contribution in [-0.4, -0.2) is 67.1 Å². The van der Waals surface area contributed by atoms with Crippen LogP contribution in [0.4, 0.5) is 0 Å². The summed E-state index contributed by atoms with van der Waals surface area (Å²) in [6, 6.07) is 0. The van der Waals surface area contributed by atoms with E-state index < -0.39 is 36.5 Å². The number of ether oxygens (including phenoxy) is 1. The predicted molar refractivity (Wildman–Crippen MR) is 41.8 cm³/mol. The molecule has 1 aliphatic rings. The van der Waals surface area contributed by atoms with E-state index in [1.54, 1.807) is 0 Å². The molecule has 1 rings (SSSR count). The van der Waals surface area contributed by atoms with E-state index in [4.69, 9.17) is 15.3 Å². The monoisotopic (exact) mass is 210 g/mol. The maximum atomic E-state index is 9.36. The number of hydrogen-bond donors (Lipinski definition) is 6. The Morgan fingerprint density at radius 1 is 1.21 bits per heavy atom. The fourth-order valence-electron chi connectivity index (χ4n) is 1.16. The minimum absolute atomic E-state index is 0.781. The summed E-state index contributed by atoms with van der Waals surface area (Å²) in [5, 5.41) is 54.4. The summed E-state index contributed by atoms with van der Waals surface area (Å²) in [5.41, 5.74) is 0. The highest BCUT2D eigenvalue weighted by Gasteiger charge is 2.72. The Kier molecular flexibility index (Phi) is 2.85. The first-order valence-electron chi connectivity index (χ1n) is 4.06. The molecule has 1 heterocycles. The van der Waals surface area contributed by atoms with Crippen LogP contribution < -0.4 is 0 Å². The summed E-state index contributed by atoms with van der Waals surface area (Å²) >= 11 is 0. The van der Waals surface area contributed by atoms with E-state index in [0.29, 0.717) is 0 Å². The minimum Gasteiger partial charge on any atom is -0.394 e. The summed E-state index contributed by atoms with van der Waals surface area (Å²) in [4.78, 5) is 0. The Morgan fingerprint density at radius 2 is 1.64 bits per heavy atom. The Balaban J connectivity index is 2.63. The first-order chi connectivity index (χ1) is 6.26. The molecule has 0 bridgehead atoms. The van der Waals surface area contributed by atoms with Gasteiger partial charge in [0, 0.05) is 0 Å². The quantitative estimate of drug-likeness (QED) is 0.265. The van der Waals surface area contributed by atoms with E-state index in [0.717, 1.165) is 6.92 Å². The third-order valence-electron chi connectivity index (χ3n) is 2.28. The topological polar surface area (TPSA) is 134 Å². The number of aliphatic hydroxyl groups is 6. The molecule has 7 nitrogen and oxygen atoms in total. The molecule has 5 atom stereocenters. The summed E-state index contributed by atoms with van der Waals surface area (Å²) in [6.07, 6.45) is -5.33. The average Bonchev–Trinajstić information content (AvgIpc) is 2.63. The van der Waals surface area contributed by atoms with Gasteiger partial charge in [0.15, 0.2) is 0 Å². The van der Waals surface area contributed by atoms with Crippen LogP contribution >= 0.6 is 0 Å². The zero-order chi connectivity index (χ0) is 11.1. The van der Waals surface area contributed by atoms with Gasteiger partial charge in [0.2, 0.25) is 5.79 Å². The Labute approximate surface area is 79.8 Å². The van der Waals surface area contributed by atoms with Crippen LogP contribution in [0.25, 0.3) is 0 Å². The van der Waals surface area contributed by atoms with Crippen molar-refractivity contribution in [2.75, 3.05) is 6.61 Å². The molecular formula is C7H14O7. The highest BCUT2D eigenvalue weighted by atomic mass is 16.8. The van der Waals surface area contributed by atoms with E-state index in [9.17, 15) is 15.3 Å². The minimum atomic E-state index is -2.30. The molecule has 0 aromatic rings. The lowest BCUT2D eigenvalue weighted by molar-refractivity contribution is -0.158. The van der Waals surface area contributed by atoms with Crippen LogP contribution in [0.1, 0.15) is 6.92 Å². The molecule has 1 saturated heterocycles. The van der Waals surface area contributed by atoms with Crippen molar-refractivity contribution in [1.29, 1.82) is 0 Å². The van der Waals surface area contributed by atoms with Gasteiger partial charge in [-0.25, -0.2) is 0 Å². The van der Waals surface area contributed by atoms with Crippen molar-refractivity contribution in [3.05, 3.63) is 0 Å². The van der Waals surface area contributed by atoms with Gasteiger partial charge < -0.3 is 35.4 Å². The molecule has 1 fully saturated rings. The third kappa shape index (κ3) is 1.63. The van der Waals surface area contributed by atoms with Crippen LogP contribution in [0.2, 0.25) is 0 Å². The Hall–Kier alpha value is -0.280.